The van der Waals surface area contributed by atoms with E-state index in [1.165, 1.54) is 16.7 Å². The molecular weight excluding hydrogens is 492 g/mol. The third kappa shape index (κ3) is 6.46. The number of carbonyl (C=O) groups is 1. The second kappa shape index (κ2) is 12.1. The minimum Gasteiger partial charge on any atom is -0.489 e. The van der Waals surface area contributed by atoms with Crippen LogP contribution in [-0.2, 0) is 17.8 Å². The molecule has 40 heavy (non-hydrogen) atoms. The van der Waals surface area contributed by atoms with Crippen LogP contribution < -0.4 is 10.1 Å². The van der Waals surface area contributed by atoms with Gasteiger partial charge in [-0.1, -0.05) is 96.1 Å². The molecular formula is C36H30N2O2. The Balaban J connectivity index is 1.39. The first kappa shape index (κ1) is 26.5. The first-order chi connectivity index (χ1) is 19.5. The fourth-order valence-corrected chi connectivity index (χ4v) is 4.92. The van der Waals surface area contributed by atoms with Crippen molar-refractivity contribution in [1.29, 1.82) is 5.26 Å². The van der Waals surface area contributed by atoms with E-state index in [4.69, 9.17) is 4.74 Å². The molecule has 0 aliphatic heterocycles. The molecule has 0 atom stereocenters. The predicted octanol–water partition coefficient (Wildman–Crippen LogP) is 8.17. The first-order valence-corrected chi connectivity index (χ1v) is 13.3. The van der Waals surface area contributed by atoms with Gasteiger partial charge in [-0.2, -0.15) is 5.26 Å². The zero-order chi connectivity index (χ0) is 27.9. The summed E-state index contributed by atoms with van der Waals surface area (Å²) in [4.78, 5) is 13.2. The van der Waals surface area contributed by atoms with Gasteiger partial charge in [-0.05, 0) is 83.6 Å². The van der Waals surface area contributed by atoms with Gasteiger partial charge in [-0.25, -0.2) is 0 Å². The molecule has 5 aromatic carbocycles. The van der Waals surface area contributed by atoms with Gasteiger partial charge in [-0.15, -0.1) is 0 Å². The average Bonchev–Trinajstić information content (AvgIpc) is 2.96. The van der Waals surface area contributed by atoms with E-state index in [0.29, 0.717) is 24.5 Å². The van der Waals surface area contributed by atoms with Crippen molar-refractivity contribution in [1.82, 2.24) is 0 Å². The molecule has 0 aliphatic rings. The Labute approximate surface area is 235 Å². The maximum Gasteiger partial charge on any atom is 0.266 e. The lowest BCUT2D eigenvalue weighted by atomic mass is 9.92. The van der Waals surface area contributed by atoms with Crippen molar-refractivity contribution in [2.75, 3.05) is 5.32 Å². The SMILES string of the molecule is Cc1cc(C)cc(Cc2ccc3ccccc3c2/C=C(\C#N)C(=O)Nc2ccc(OCc3ccccc3)cc2)c1. The van der Waals surface area contributed by atoms with Crippen LogP contribution in [0.15, 0.2) is 115 Å². The summed E-state index contributed by atoms with van der Waals surface area (Å²) in [7, 11) is 0. The van der Waals surface area contributed by atoms with Crippen molar-refractivity contribution < 1.29 is 9.53 Å². The van der Waals surface area contributed by atoms with Gasteiger partial charge in [-0.3, -0.25) is 4.79 Å². The predicted molar refractivity (Wildman–Crippen MR) is 162 cm³/mol. The number of ether oxygens (including phenoxy) is 1. The topological polar surface area (TPSA) is 62.1 Å². The molecule has 1 amide bonds. The highest BCUT2D eigenvalue weighted by atomic mass is 16.5. The monoisotopic (exact) mass is 522 g/mol. The molecule has 1 N–H and O–H groups in total. The van der Waals surface area contributed by atoms with Crippen LogP contribution in [0.1, 0.15) is 33.4 Å². The number of hydrogen-bond acceptors (Lipinski definition) is 3. The molecule has 5 rings (SSSR count). The number of carbonyl (C=O) groups excluding carboxylic acids is 1. The van der Waals surface area contributed by atoms with Crippen LogP contribution in [-0.4, -0.2) is 5.91 Å². The highest BCUT2D eigenvalue weighted by molar-refractivity contribution is 6.11. The van der Waals surface area contributed by atoms with Crippen molar-refractivity contribution in [3.8, 4) is 11.8 Å². The van der Waals surface area contributed by atoms with Crippen LogP contribution >= 0.6 is 0 Å². The van der Waals surface area contributed by atoms with Gasteiger partial charge in [0.25, 0.3) is 5.91 Å². The Morgan fingerprint density at radius 1 is 0.825 bits per heavy atom. The maximum absolute atomic E-state index is 13.2. The van der Waals surface area contributed by atoms with E-state index < -0.39 is 5.91 Å². The van der Waals surface area contributed by atoms with E-state index in [-0.39, 0.29) is 5.57 Å². The van der Waals surface area contributed by atoms with Gasteiger partial charge in [0, 0.05) is 5.69 Å². The Hall–Kier alpha value is -5.14. The van der Waals surface area contributed by atoms with Crippen LogP contribution in [0.3, 0.4) is 0 Å². The third-order valence-corrected chi connectivity index (χ3v) is 6.75. The Bertz CT molecular complexity index is 1710. The molecule has 0 fully saturated rings. The van der Waals surface area contributed by atoms with Gasteiger partial charge in [0.05, 0.1) is 0 Å². The van der Waals surface area contributed by atoms with Gasteiger partial charge in [0.15, 0.2) is 0 Å². The standard InChI is InChI=1S/C36H30N2O2/c1-25-18-26(2)20-28(19-25)21-30-13-12-29-10-6-7-11-34(29)35(30)22-31(23-37)36(39)38-32-14-16-33(17-15-32)40-24-27-8-4-3-5-9-27/h3-20,22H,21,24H2,1-2H3,(H,38,39)/b31-22+. The van der Waals surface area contributed by atoms with E-state index in [1.54, 1.807) is 30.3 Å². The summed E-state index contributed by atoms with van der Waals surface area (Å²) in [6, 6.07) is 38.0. The number of benzene rings is 5. The molecule has 0 saturated heterocycles. The first-order valence-electron chi connectivity index (χ1n) is 13.3. The van der Waals surface area contributed by atoms with Gasteiger partial charge in [0.2, 0.25) is 0 Å². The minimum atomic E-state index is -0.453. The molecule has 5 aromatic rings. The summed E-state index contributed by atoms with van der Waals surface area (Å²) < 4.78 is 5.84. The zero-order valence-electron chi connectivity index (χ0n) is 22.6. The average molecular weight is 523 g/mol. The summed E-state index contributed by atoms with van der Waals surface area (Å²) in [5.74, 6) is 0.246. The number of rotatable bonds is 8. The lowest BCUT2D eigenvalue weighted by molar-refractivity contribution is -0.112. The molecule has 4 nitrogen and oxygen atoms in total. The second-order valence-corrected chi connectivity index (χ2v) is 9.95. The number of nitrogens with one attached hydrogen (secondary N) is 1. The zero-order valence-corrected chi connectivity index (χ0v) is 22.6. The highest BCUT2D eigenvalue weighted by Gasteiger charge is 2.14. The van der Waals surface area contributed by atoms with Crippen LogP contribution in [0.25, 0.3) is 16.8 Å². The molecule has 196 valence electrons. The summed E-state index contributed by atoms with van der Waals surface area (Å²) in [6.45, 7) is 4.65. The molecule has 0 saturated carbocycles. The van der Waals surface area contributed by atoms with Crippen molar-refractivity contribution in [2.45, 2.75) is 26.9 Å². The number of fused-ring (bicyclic) bond motifs is 1. The van der Waals surface area contributed by atoms with E-state index in [2.05, 4.69) is 55.6 Å². The summed E-state index contributed by atoms with van der Waals surface area (Å²) >= 11 is 0. The Morgan fingerprint density at radius 3 is 2.25 bits per heavy atom. The van der Waals surface area contributed by atoms with E-state index in [1.807, 2.05) is 54.6 Å². The molecule has 0 heterocycles. The quantitative estimate of drug-likeness (QED) is 0.165. The van der Waals surface area contributed by atoms with Gasteiger partial charge < -0.3 is 10.1 Å². The summed E-state index contributed by atoms with van der Waals surface area (Å²) in [5.41, 5.74) is 7.27. The molecule has 0 aliphatic carbocycles. The smallest absolute Gasteiger partial charge is 0.266 e. The number of anilines is 1. The van der Waals surface area contributed by atoms with Crippen LogP contribution in [0.4, 0.5) is 5.69 Å². The fourth-order valence-electron chi connectivity index (χ4n) is 4.92. The van der Waals surface area contributed by atoms with Crippen LogP contribution in [0.5, 0.6) is 5.75 Å². The molecule has 0 bridgehead atoms. The number of hydrogen-bond donors (Lipinski definition) is 1. The molecule has 0 radical (unpaired) electrons. The number of aryl methyl sites for hydroxylation is 2. The second-order valence-electron chi connectivity index (χ2n) is 9.95. The minimum absolute atomic E-state index is 0.0439. The van der Waals surface area contributed by atoms with Crippen LogP contribution in [0.2, 0.25) is 0 Å². The Kier molecular flexibility index (Phi) is 8.04. The maximum atomic E-state index is 13.2. The molecule has 4 heteroatoms. The highest BCUT2D eigenvalue weighted by Crippen LogP contribution is 2.28. The lowest BCUT2D eigenvalue weighted by Gasteiger charge is -2.13. The fraction of sp³-hybridized carbons (Fsp3) is 0.111. The number of amides is 1. The van der Waals surface area contributed by atoms with Crippen molar-refractivity contribution in [2.24, 2.45) is 0 Å². The van der Waals surface area contributed by atoms with Crippen LogP contribution in [0, 0.1) is 25.2 Å². The van der Waals surface area contributed by atoms with Gasteiger partial charge >= 0.3 is 0 Å². The third-order valence-electron chi connectivity index (χ3n) is 6.75. The van der Waals surface area contributed by atoms with Crippen molar-refractivity contribution in [3.05, 3.63) is 148 Å². The lowest BCUT2D eigenvalue weighted by Crippen LogP contribution is -2.13. The summed E-state index contributed by atoms with van der Waals surface area (Å²) in [6.07, 6.45) is 2.41. The van der Waals surface area contributed by atoms with Crippen molar-refractivity contribution >= 4 is 28.4 Å². The number of nitriles is 1. The van der Waals surface area contributed by atoms with E-state index in [0.717, 1.165) is 27.5 Å². The molecule has 0 aromatic heterocycles. The molecule has 0 unspecified atom stereocenters. The van der Waals surface area contributed by atoms with E-state index in [9.17, 15) is 10.1 Å². The molecule has 0 spiro atoms. The van der Waals surface area contributed by atoms with Gasteiger partial charge in [0.1, 0.15) is 24.0 Å². The van der Waals surface area contributed by atoms with Crippen molar-refractivity contribution in [3.63, 3.8) is 0 Å². The van der Waals surface area contributed by atoms with E-state index >= 15 is 0 Å². The largest absolute Gasteiger partial charge is 0.489 e. The Morgan fingerprint density at radius 2 is 1.52 bits per heavy atom. The normalized spacial score (nSPS) is 11.2. The number of nitrogens with zero attached hydrogens (tertiary/aromatic N) is 1. The summed E-state index contributed by atoms with van der Waals surface area (Å²) in [5, 5.41) is 14.9.